The molecule has 0 fully saturated rings. The second-order valence-electron chi connectivity index (χ2n) is 5.18. The summed E-state index contributed by atoms with van der Waals surface area (Å²) < 4.78 is 4.42. The van der Waals surface area contributed by atoms with Gasteiger partial charge in [0, 0.05) is 43.6 Å². The van der Waals surface area contributed by atoms with Gasteiger partial charge in [0.2, 0.25) is 0 Å². The normalized spacial score (nSPS) is 14.8. The summed E-state index contributed by atoms with van der Waals surface area (Å²) in [7, 11) is 0. The lowest BCUT2D eigenvalue weighted by Gasteiger charge is -2.28. The van der Waals surface area contributed by atoms with Crippen LogP contribution in [0.5, 0.6) is 0 Å². The van der Waals surface area contributed by atoms with Gasteiger partial charge in [0.1, 0.15) is 5.82 Å². The first-order valence-corrected chi connectivity index (χ1v) is 8.15. The number of fused-ring (bicyclic) bond motifs is 2. The molecule has 1 aliphatic heterocycles. The van der Waals surface area contributed by atoms with E-state index in [0.29, 0.717) is 0 Å². The van der Waals surface area contributed by atoms with Crippen LogP contribution in [0.15, 0.2) is 24.0 Å². The van der Waals surface area contributed by atoms with E-state index in [-0.39, 0.29) is 0 Å². The smallest absolute Gasteiger partial charge is 0.195 e. The van der Waals surface area contributed by atoms with E-state index < -0.39 is 0 Å². The predicted octanol–water partition coefficient (Wildman–Crippen LogP) is 1.72. The Hall–Kier alpha value is -1.86. The summed E-state index contributed by atoms with van der Waals surface area (Å²) in [4.78, 5) is 12.7. The first-order valence-electron chi connectivity index (χ1n) is 7.27. The molecule has 3 aromatic heterocycles. The highest BCUT2D eigenvalue weighted by atomic mass is 32.1. The summed E-state index contributed by atoms with van der Waals surface area (Å²) in [6.45, 7) is 6.71. The van der Waals surface area contributed by atoms with Gasteiger partial charge in [-0.15, -0.1) is 11.3 Å². The standard InChI is InChI=1S/C14H18N6S/c1-2-15-9-11-13(17-14-20(11)7-8-21-14)19-6-5-18-4-3-16-12(18)10-19/h3-4,7-8,15H,2,5-6,9-10H2,1H3. The third kappa shape index (κ3) is 2.13. The van der Waals surface area contributed by atoms with Crippen LogP contribution in [0.3, 0.4) is 0 Å². The van der Waals surface area contributed by atoms with Gasteiger partial charge in [-0.3, -0.25) is 4.40 Å². The number of rotatable bonds is 4. The molecule has 1 aliphatic rings. The molecular weight excluding hydrogens is 284 g/mol. The van der Waals surface area contributed by atoms with Crippen LogP contribution in [0.4, 0.5) is 5.82 Å². The molecule has 6 nitrogen and oxygen atoms in total. The van der Waals surface area contributed by atoms with Gasteiger partial charge in [-0.25, -0.2) is 9.97 Å². The molecule has 0 aromatic carbocycles. The molecule has 21 heavy (non-hydrogen) atoms. The van der Waals surface area contributed by atoms with E-state index in [9.17, 15) is 0 Å². The highest BCUT2D eigenvalue weighted by Crippen LogP contribution is 2.27. The Morgan fingerprint density at radius 3 is 3.19 bits per heavy atom. The van der Waals surface area contributed by atoms with Crippen molar-refractivity contribution in [1.29, 1.82) is 0 Å². The highest BCUT2D eigenvalue weighted by Gasteiger charge is 2.23. The number of thiazole rings is 1. The van der Waals surface area contributed by atoms with Gasteiger partial charge in [-0.1, -0.05) is 6.92 Å². The van der Waals surface area contributed by atoms with Crippen LogP contribution in [0.25, 0.3) is 4.96 Å². The maximum absolute atomic E-state index is 4.84. The summed E-state index contributed by atoms with van der Waals surface area (Å²) in [5, 5.41) is 5.51. The van der Waals surface area contributed by atoms with Crippen LogP contribution in [-0.4, -0.2) is 32.0 Å². The highest BCUT2D eigenvalue weighted by molar-refractivity contribution is 7.15. The lowest BCUT2D eigenvalue weighted by molar-refractivity contribution is 0.554. The summed E-state index contributed by atoms with van der Waals surface area (Å²) in [5.41, 5.74) is 1.24. The van der Waals surface area contributed by atoms with Crippen molar-refractivity contribution in [2.24, 2.45) is 0 Å². The monoisotopic (exact) mass is 302 g/mol. The summed E-state index contributed by atoms with van der Waals surface area (Å²) in [6, 6.07) is 0. The van der Waals surface area contributed by atoms with Crippen LogP contribution < -0.4 is 10.2 Å². The van der Waals surface area contributed by atoms with Gasteiger partial charge in [0.05, 0.1) is 12.2 Å². The minimum atomic E-state index is 0.830. The van der Waals surface area contributed by atoms with Crippen molar-refractivity contribution in [2.75, 3.05) is 18.0 Å². The van der Waals surface area contributed by atoms with Crippen LogP contribution in [0.2, 0.25) is 0 Å². The van der Waals surface area contributed by atoms with E-state index in [0.717, 1.165) is 49.3 Å². The lowest BCUT2D eigenvalue weighted by Crippen LogP contribution is -2.34. The van der Waals surface area contributed by atoms with E-state index in [1.807, 2.05) is 6.20 Å². The van der Waals surface area contributed by atoms with Crippen molar-refractivity contribution in [3.63, 3.8) is 0 Å². The molecule has 4 rings (SSSR count). The van der Waals surface area contributed by atoms with Gasteiger partial charge in [-0.05, 0) is 6.54 Å². The molecule has 0 bridgehead atoms. The van der Waals surface area contributed by atoms with E-state index in [1.165, 1.54) is 5.69 Å². The number of imidazole rings is 2. The molecule has 0 radical (unpaired) electrons. The Morgan fingerprint density at radius 1 is 1.33 bits per heavy atom. The fourth-order valence-electron chi connectivity index (χ4n) is 2.84. The predicted molar refractivity (Wildman–Crippen MR) is 83.7 cm³/mol. The van der Waals surface area contributed by atoms with E-state index in [4.69, 9.17) is 4.98 Å². The molecule has 7 heteroatoms. The van der Waals surface area contributed by atoms with Crippen LogP contribution in [-0.2, 0) is 19.6 Å². The third-order valence-electron chi connectivity index (χ3n) is 3.93. The number of aromatic nitrogens is 4. The molecule has 0 saturated carbocycles. The molecule has 3 aromatic rings. The molecular formula is C14H18N6S. The van der Waals surface area contributed by atoms with Crippen molar-refractivity contribution in [3.05, 3.63) is 35.5 Å². The van der Waals surface area contributed by atoms with Crippen molar-refractivity contribution in [1.82, 2.24) is 24.3 Å². The molecule has 0 unspecified atom stereocenters. The van der Waals surface area contributed by atoms with Gasteiger partial charge < -0.3 is 14.8 Å². The zero-order chi connectivity index (χ0) is 14.2. The van der Waals surface area contributed by atoms with Crippen LogP contribution >= 0.6 is 11.3 Å². The fourth-order valence-corrected chi connectivity index (χ4v) is 3.56. The Morgan fingerprint density at radius 2 is 2.29 bits per heavy atom. The summed E-state index contributed by atoms with van der Waals surface area (Å²) in [5.74, 6) is 2.21. The average Bonchev–Trinajstić information content (AvgIpc) is 3.19. The Bertz CT molecular complexity index is 755. The van der Waals surface area contributed by atoms with Gasteiger partial charge in [0.25, 0.3) is 0 Å². The Kier molecular flexibility index (Phi) is 3.16. The van der Waals surface area contributed by atoms with E-state index >= 15 is 0 Å². The second kappa shape index (κ2) is 5.16. The Balaban J connectivity index is 1.71. The first-order chi connectivity index (χ1) is 10.4. The molecule has 0 spiro atoms. The molecule has 4 heterocycles. The minimum absolute atomic E-state index is 0.830. The minimum Gasteiger partial charge on any atom is -0.346 e. The van der Waals surface area contributed by atoms with E-state index in [1.54, 1.807) is 11.3 Å². The second-order valence-corrected chi connectivity index (χ2v) is 6.05. The summed E-state index contributed by atoms with van der Waals surface area (Å²) >= 11 is 1.68. The van der Waals surface area contributed by atoms with Crippen molar-refractivity contribution >= 4 is 22.1 Å². The zero-order valence-electron chi connectivity index (χ0n) is 12.0. The quantitative estimate of drug-likeness (QED) is 0.797. The maximum Gasteiger partial charge on any atom is 0.195 e. The van der Waals surface area contributed by atoms with Gasteiger partial charge in [-0.2, -0.15) is 0 Å². The van der Waals surface area contributed by atoms with Gasteiger partial charge in [0.15, 0.2) is 10.8 Å². The molecule has 0 amide bonds. The molecule has 1 N–H and O–H groups in total. The Labute approximate surface area is 127 Å². The fraction of sp³-hybridized carbons (Fsp3) is 0.429. The van der Waals surface area contributed by atoms with Crippen LogP contribution in [0.1, 0.15) is 18.4 Å². The van der Waals surface area contributed by atoms with Crippen molar-refractivity contribution in [2.45, 2.75) is 26.6 Å². The average molecular weight is 302 g/mol. The lowest BCUT2D eigenvalue weighted by atomic mass is 10.3. The number of anilines is 1. The largest absolute Gasteiger partial charge is 0.346 e. The molecule has 110 valence electrons. The number of hydrogen-bond donors (Lipinski definition) is 1. The topological polar surface area (TPSA) is 50.4 Å². The molecule has 0 saturated heterocycles. The van der Waals surface area contributed by atoms with Crippen LogP contribution in [0, 0.1) is 0 Å². The SMILES string of the molecule is CCNCc1c(N2CCn3ccnc3C2)nc2sccn12. The first kappa shape index (κ1) is 12.8. The van der Waals surface area contributed by atoms with Gasteiger partial charge >= 0.3 is 0 Å². The van der Waals surface area contributed by atoms with E-state index in [2.05, 4.69) is 48.9 Å². The summed E-state index contributed by atoms with van der Waals surface area (Å²) in [6.07, 6.45) is 6.04. The van der Waals surface area contributed by atoms with Crippen molar-refractivity contribution in [3.8, 4) is 0 Å². The maximum atomic E-state index is 4.84. The van der Waals surface area contributed by atoms with Crippen molar-refractivity contribution < 1.29 is 0 Å². The third-order valence-corrected chi connectivity index (χ3v) is 4.68. The molecule has 0 atom stereocenters. The number of nitrogens with one attached hydrogen (secondary N) is 1. The molecule has 0 aliphatic carbocycles. The number of hydrogen-bond acceptors (Lipinski definition) is 5. The number of nitrogens with zero attached hydrogens (tertiary/aromatic N) is 5. The zero-order valence-corrected chi connectivity index (χ0v) is 12.8.